The average Bonchev–Trinajstić information content (AvgIpc) is 2.76. The van der Waals surface area contributed by atoms with Crippen LogP contribution in [0.3, 0.4) is 0 Å². The molecule has 34 heavy (non-hydrogen) atoms. The number of hydrogen-bond donors (Lipinski definition) is 3. The van der Waals surface area contributed by atoms with E-state index in [1.54, 1.807) is 52.0 Å². The van der Waals surface area contributed by atoms with Crippen LogP contribution < -0.4 is 20.7 Å². The lowest BCUT2D eigenvalue weighted by Gasteiger charge is -2.19. The van der Waals surface area contributed by atoms with Gasteiger partial charge in [0, 0.05) is 17.8 Å². The van der Waals surface area contributed by atoms with E-state index in [0.29, 0.717) is 11.3 Å². The number of carbonyl (C=O) groups is 4. The number of nitrogens with one attached hydrogen (secondary N) is 3. The van der Waals surface area contributed by atoms with Gasteiger partial charge in [-0.15, -0.1) is 0 Å². The fourth-order valence-electron chi connectivity index (χ4n) is 2.63. The largest absolute Gasteiger partial charge is 0.513 e. The summed E-state index contributed by atoms with van der Waals surface area (Å²) in [7, 11) is 0. The van der Waals surface area contributed by atoms with Crippen LogP contribution in [-0.2, 0) is 20.8 Å². The van der Waals surface area contributed by atoms with Crippen LogP contribution in [0.1, 0.15) is 43.6 Å². The van der Waals surface area contributed by atoms with Crippen LogP contribution in [-0.4, -0.2) is 42.8 Å². The number of benzene rings is 2. The van der Waals surface area contributed by atoms with Crippen LogP contribution in [0.5, 0.6) is 5.75 Å². The van der Waals surface area contributed by atoms with Gasteiger partial charge in [0.05, 0.1) is 6.61 Å². The molecule has 2 aromatic rings. The maximum absolute atomic E-state index is 12.4. The first-order valence-corrected chi connectivity index (χ1v) is 10.6. The van der Waals surface area contributed by atoms with Gasteiger partial charge in [0.25, 0.3) is 5.91 Å². The van der Waals surface area contributed by atoms with Crippen molar-refractivity contribution in [3.05, 3.63) is 59.7 Å². The van der Waals surface area contributed by atoms with E-state index in [1.807, 2.05) is 0 Å². The summed E-state index contributed by atoms with van der Waals surface area (Å²) in [6.45, 7) is 7.03. The molecule has 0 aliphatic carbocycles. The minimum absolute atomic E-state index is 0.202. The Morgan fingerprint density at radius 2 is 1.65 bits per heavy atom. The van der Waals surface area contributed by atoms with Crippen LogP contribution in [0.15, 0.2) is 48.5 Å². The van der Waals surface area contributed by atoms with Crippen LogP contribution in [0, 0.1) is 0 Å². The smallest absolute Gasteiger partial charge is 0.444 e. The molecule has 0 saturated carbocycles. The number of ether oxygens (including phenoxy) is 3. The molecule has 2 aromatic carbocycles. The zero-order valence-electron chi connectivity index (χ0n) is 19.6. The molecule has 182 valence electrons. The molecule has 0 bridgehead atoms. The molecule has 0 radical (unpaired) electrons. The van der Waals surface area contributed by atoms with Crippen LogP contribution in [0.4, 0.5) is 15.3 Å². The second-order valence-corrected chi connectivity index (χ2v) is 8.10. The van der Waals surface area contributed by atoms with Crippen LogP contribution >= 0.6 is 0 Å². The molecule has 0 spiro atoms. The lowest BCUT2D eigenvalue weighted by Crippen LogP contribution is -2.37. The molecule has 10 heteroatoms. The number of alkyl carbamates (subject to hydrolysis) is 1. The second kappa shape index (κ2) is 12.2. The fourth-order valence-corrected chi connectivity index (χ4v) is 2.63. The lowest BCUT2D eigenvalue weighted by molar-refractivity contribution is -0.115. The van der Waals surface area contributed by atoms with Gasteiger partial charge in [-0.1, -0.05) is 12.1 Å². The Hall–Kier alpha value is -4.08. The van der Waals surface area contributed by atoms with Crippen LogP contribution in [0.2, 0.25) is 0 Å². The highest BCUT2D eigenvalue weighted by atomic mass is 16.7. The van der Waals surface area contributed by atoms with Crippen molar-refractivity contribution in [2.45, 2.75) is 39.8 Å². The normalized spacial score (nSPS) is 10.6. The molecule has 0 heterocycles. The Morgan fingerprint density at radius 3 is 2.29 bits per heavy atom. The Balaban J connectivity index is 1.83. The summed E-state index contributed by atoms with van der Waals surface area (Å²) in [5.41, 5.74) is 1.00. The Labute approximate surface area is 198 Å². The van der Waals surface area contributed by atoms with E-state index in [2.05, 4.69) is 16.0 Å². The van der Waals surface area contributed by atoms with Gasteiger partial charge in [-0.05, 0) is 69.7 Å². The quantitative estimate of drug-likeness (QED) is 0.396. The first-order chi connectivity index (χ1) is 16.1. The highest BCUT2D eigenvalue weighted by Crippen LogP contribution is 2.14. The van der Waals surface area contributed by atoms with Crippen molar-refractivity contribution >= 4 is 29.8 Å². The summed E-state index contributed by atoms with van der Waals surface area (Å²) in [5, 5.41) is 7.85. The monoisotopic (exact) mass is 471 g/mol. The molecule has 0 saturated heterocycles. The molecule has 0 aliphatic rings. The van der Waals surface area contributed by atoms with Gasteiger partial charge in [0.15, 0.2) is 0 Å². The third-order valence-electron chi connectivity index (χ3n) is 4.04. The highest BCUT2D eigenvalue weighted by Gasteiger charge is 2.16. The predicted octanol–water partition coefficient (Wildman–Crippen LogP) is 3.62. The number of rotatable bonds is 8. The SMILES string of the molecule is CCOC(=O)Oc1ccc(C(=O)NCc2cccc(NC(=O)CNC(=O)OC(C)(C)C)c2)cc1. The average molecular weight is 472 g/mol. The van der Waals surface area contributed by atoms with Gasteiger partial charge >= 0.3 is 12.2 Å². The second-order valence-electron chi connectivity index (χ2n) is 8.10. The first kappa shape index (κ1) is 26.2. The van der Waals surface area contributed by atoms with E-state index in [0.717, 1.165) is 5.56 Å². The zero-order valence-corrected chi connectivity index (χ0v) is 19.6. The Bertz CT molecular complexity index is 1010. The minimum atomic E-state index is -0.813. The van der Waals surface area contributed by atoms with E-state index >= 15 is 0 Å². The minimum Gasteiger partial charge on any atom is -0.444 e. The first-order valence-electron chi connectivity index (χ1n) is 10.6. The van der Waals surface area contributed by atoms with Crippen molar-refractivity contribution in [2.24, 2.45) is 0 Å². The third-order valence-corrected chi connectivity index (χ3v) is 4.04. The van der Waals surface area contributed by atoms with E-state index in [-0.39, 0.29) is 31.4 Å². The molecular formula is C24H29N3O7. The van der Waals surface area contributed by atoms with Gasteiger partial charge in [-0.25, -0.2) is 9.59 Å². The molecule has 0 fully saturated rings. The van der Waals surface area contributed by atoms with Crippen molar-refractivity contribution < 1.29 is 33.4 Å². The van der Waals surface area contributed by atoms with Crippen molar-refractivity contribution in [3.8, 4) is 5.75 Å². The summed E-state index contributed by atoms with van der Waals surface area (Å²) in [5.74, 6) is -0.476. The maximum atomic E-state index is 12.4. The van der Waals surface area contributed by atoms with E-state index in [1.165, 1.54) is 24.3 Å². The van der Waals surface area contributed by atoms with Crippen molar-refractivity contribution in [2.75, 3.05) is 18.5 Å². The van der Waals surface area contributed by atoms with Gasteiger partial charge in [0.1, 0.15) is 17.9 Å². The summed E-state index contributed by atoms with van der Waals surface area (Å²) >= 11 is 0. The number of amides is 3. The molecule has 10 nitrogen and oxygen atoms in total. The molecule has 0 aromatic heterocycles. The molecule has 2 rings (SSSR count). The van der Waals surface area contributed by atoms with Gasteiger partial charge in [-0.3, -0.25) is 9.59 Å². The maximum Gasteiger partial charge on any atom is 0.513 e. The Morgan fingerprint density at radius 1 is 0.941 bits per heavy atom. The van der Waals surface area contributed by atoms with Crippen molar-refractivity contribution in [1.29, 1.82) is 0 Å². The zero-order chi connectivity index (χ0) is 25.1. The van der Waals surface area contributed by atoms with E-state index in [4.69, 9.17) is 14.2 Å². The molecule has 0 atom stereocenters. The molecular weight excluding hydrogens is 442 g/mol. The summed E-state index contributed by atoms with van der Waals surface area (Å²) in [6.07, 6.45) is -1.49. The number of hydrogen-bond acceptors (Lipinski definition) is 7. The summed E-state index contributed by atoms with van der Waals surface area (Å²) < 4.78 is 14.7. The fraction of sp³-hybridized carbons (Fsp3) is 0.333. The Kier molecular flexibility index (Phi) is 9.42. The van der Waals surface area contributed by atoms with E-state index < -0.39 is 23.8 Å². The van der Waals surface area contributed by atoms with Gasteiger partial charge < -0.3 is 30.2 Å². The van der Waals surface area contributed by atoms with E-state index in [9.17, 15) is 19.2 Å². The molecule has 0 aliphatic heterocycles. The highest BCUT2D eigenvalue weighted by molar-refractivity contribution is 5.95. The lowest BCUT2D eigenvalue weighted by atomic mass is 10.1. The number of carbonyl (C=O) groups excluding carboxylic acids is 4. The van der Waals surface area contributed by atoms with Gasteiger partial charge in [0.2, 0.25) is 5.91 Å². The third kappa shape index (κ3) is 9.60. The summed E-state index contributed by atoms with van der Waals surface area (Å²) in [4.78, 5) is 47.5. The number of anilines is 1. The topological polar surface area (TPSA) is 132 Å². The van der Waals surface area contributed by atoms with Crippen molar-refractivity contribution in [3.63, 3.8) is 0 Å². The van der Waals surface area contributed by atoms with Gasteiger partial charge in [-0.2, -0.15) is 0 Å². The van der Waals surface area contributed by atoms with Crippen molar-refractivity contribution in [1.82, 2.24) is 10.6 Å². The molecule has 3 amide bonds. The predicted molar refractivity (Wildman–Crippen MR) is 125 cm³/mol. The standard InChI is InChI=1S/C24H29N3O7/c1-5-32-23(31)33-19-11-9-17(10-12-19)21(29)25-14-16-7-6-8-18(13-16)27-20(28)15-26-22(30)34-24(2,3)4/h6-13H,5,14-15H2,1-4H3,(H,25,29)(H,26,30)(H,27,28). The molecule has 0 unspecified atom stereocenters. The van der Waals surface area contributed by atoms with Crippen LogP contribution in [0.25, 0.3) is 0 Å². The molecule has 3 N–H and O–H groups in total. The summed E-state index contributed by atoms with van der Waals surface area (Å²) in [6, 6.07) is 13.0.